The average molecular weight is 650 g/mol. The van der Waals surface area contributed by atoms with Gasteiger partial charge in [-0.1, -0.05) is 72.8 Å². The zero-order valence-electron chi connectivity index (χ0n) is 26.2. The lowest BCUT2D eigenvalue weighted by molar-refractivity contribution is -0.105. The Bertz CT molecular complexity index is 1850. The first-order chi connectivity index (χ1) is 23.3. The van der Waals surface area contributed by atoms with Crippen molar-refractivity contribution in [2.75, 3.05) is 20.0 Å². The molecule has 0 spiro atoms. The number of esters is 1. The highest BCUT2D eigenvalue weighted by molar-refractivity contribution is 5.89. The molecule has 0 aliphatic carbocycles. The van der Waals surface area contributed by atoms with Gasteiger partial charge in [0, 0.05) is 6.20 Å². The number of aliphatic hydroxyl groups excluding tert-OH is 2. The number of ether oxygens (including phenoxy) is 4. The summed E-state index contributed by atoms with van der Waals surface area (Å²) in [6.45, 7) is 0. The quantitative estimate of drug-likeness (QED) is 0.151. The maximum atomic E-state index is 14.0. The number of hydrogen-bond donors (Lipinski definition) is 3. The zero-order valence-corrected chi connectivity index (χ0v) is 26.2. The van der Waals surface area contributed by atoms with Gasteiger partial charge < -0.3 is 34.9 Å². The molecule has 0 radical (unpaired) electrons. The van der Waals surface area contributed by atoms with E-state index >= 15 is 0 Å². The molecule has 5 aromatic rings. The van der Waals surface area contributed by atoms with Gasteiger partial charge in [-0.15, -0.1) is 0 Å². The molecule has 0 bridgehead atoms. The second-order valence-corrected chi connectivity index (χ2v) is 11.3. The summed E-state index contributed by atoms with van der Waals surface area (Å²) in [7, 11) is 3.12. The van der Waals surface area contributed by atoms with Crippen LogP contribution in [0.5, 0.6) is 11.5 Å². The zero-order chi connectivity index (χ0) is 33.8. The van der Waals surface area contributed by atoms with Crippen LogP contribution in [0.4, 0.5) is 5.82 Å². The molecule has 11 heteroatoms. The van der Waals surface area contributed by atoms with Gasteiger partial charge in [-0.2, -0.15) is 4.98 Å². The summed E-state index contributed by atoms with van der Waals surface area (Å²) in [5.41, 5.74) is 5.81. The fraction of sp³-hybridized carbons (Fsp3) is 0.216. The number of carbonyl (C=O) groups is 1. The average Bonchev–Trinajstić information content (AvgIpc) is 3.42. The number of benzene rings is 4. The van der Waals surface area contributed by atoms with Crippen LogP contribution in [0.25, 0.3) is 0 Å². The van der Waals surface area contributed by atoms with Gasteiger partial charge in [0.1, 0.15) is 41.7 Å². The lowest BCUT2D eigenvalue weighted by Gasteiger charge is -2.44. The molecule has 2 unspecified atom stereocenters. The minimum Gasteiger partial charge on any atom is -0.497 e. The van der Waals surface area contributed by atoms with Gasteiger partial charge in [-0.05, 0) is 59.2 Å². The summed E-state index contributed by atoms with van der Waals surface area (Å²) < 4.78 is 24.9. The summed E-state index contributed by atoms with van der Waals surface area (Å²) in [5.74, 6) is 0.480. The van der Waals surface area contributed by atoms with E-state index in [4.69, 9.17) is 24.7 Å². The molecule has 1 aliphatic heterocycles. The smallest absolute Gasteiger partial charge is 0.351 e. The number of nitrogen functional groups attached to an aromatic ring is 1. The van der Waals surface area contributed by atoms with Crippen LogP contribution >= 0.6 is 0 Å². The number of hydrogen-bond acceptors (Lipinski definition) is 10. The van der Waals surface area contributed by atoms with Gasteiger partial charge in [0.2, 0.25) is 0 Å². The molecular weight excluding hydrogens is 614 g/mol. The monoisotopic (exact) mass is 649 g/mol. The van der Waals surface area contributed by atoms with Crippen LogP contribution in [-0.4, -0.2) is 64.4 Å². The number of methoxy groups -OCH3 is 2. The lowest BCUT2D eigenvalue weighted by atomic mass is 9.63. The standard InChI is InChI=1S/C37H35N3O8/c1-45-27-17-13-25(14-18-27)37(24-11-7-4-8-12-24,26-15-19-28(46-2)20-16-26)33(48-35(43)23-9-5-3-6-10-23)32-30(41)31(42)34(47-32)40-22-21-29(38)39-36(40)44/h3-22,30-34,41-42H,1-2H3,(H2,38,39,44)/t30?,31-,32+,33?,34-/m1/s1. The molecule has 4 aromatic carbocycles. The molecular formula is C37H35N3O8. The van der Waals surface area contributed by atoms with Crippen molar-refractivity contribution in [3.8, 4) is 11.5 Å². The molecule has 4 N–H and O–H groups in total. The van der Waals surface area contributed by atoms with Crippen molar-refractivity contribution >= 4 is 11.8 Å². The number of carbonyl (C=O) groups excluding carboxylic acids is 1. The molecule has 11 nitrogen and oxygen atoms in total. The third kappa shape index (κ3) is 5.90. The highest BCUT2D eigenvalue weighted by atomic mass is 16.6. The first-order valence-corrected chi connectivity index (χ1v) is 15.2. The minimum atomic E-state index is -1.63. The van der Waals surface area contributed by atoms with E-state index < -0.39 is 47.7 Å². The van der Waals surface area contributed by atoms with E-state index in [-0.39, 0.29) is 11.4 Å². The number of aromatic nitrogens is 2. The highest BCUT2D eigenvalue weighted by Crippen LogP contribution is 2.49. The van der Waals surface area contributed by atoms with Gasteiger partial charge in [0.15, 0.2) is 6.23 Å². The molecule has 0 amide bonds. The molecule has 1 saturated heterocycles. The largest absolute Gasteiger partial charge is 0.497 e. The van der Waals surface area contributed by atoms with Gasteiger partial charge in [-0.3, -0.25) is 4.57 Å². The Morgan fingerprint density at radius 1 is 0.792 bits per heavy atom. The van der Waals surface area contributed by atoms with Crippen LogP contribution in [0.15, 0.2) is 126 Å². The fourth-order valence-electron chi connectivity index (χ4n) is 6.35. The predicted molar refractivity (Wildman–Crippen MR) is 177 cm³/mol. The SMILES string of the molecule is COc1ccc(C(c2ccccc2)(c2ccc(OC)cc2)C(OC(=O)c2ccccc2)[C@H]2O[C@@H](n3ccc(N)nc3=O)[C@H](O)C2O)cc1. The molecule has 2 heterocycles. The Balaban J connectivity index is 1.63. The molecule has 0 saturated carbocycles. The van der Waals surface area contributed by atoms with Crippen molar-refractivity contribution in [3.05, 3.63) is 154 Å². The van der Waals surface area contributed by atoms with Crippen molar-refractivity contribution < 1.29 is 34.0 Å². The molecule has 1 aromatic heterocycles. The van der Waals surface area contributed by atoms with Crippen LogP contribution in [0.1, 0.15) is 33.3 Å². The maximum Gasteiger partial charge on any atom is 0.351 e. The van der Waals surface area contributed by atoms with Gasteiger partial charge in [0.05, 0.1) is 25.2 Å². The summed E-state index contributed by atoms with van der Waals surface area (Å²) in [5, 5.41) is 23.2. The molecule has 6 rings (SSSR count). The molecule has 5 atom stereocenters. The van der Waals surface area contributed by atoms with E-state index in [0.29, 0.717) is 28.2 Å². The molecule has 1 fully saturated rings. The molecule has 246 valence electrons. The molecule has 48 heavy (non-hydrogen) atoms. The topological polar surface area (TPSA) is 155 Å². The van der Waals surface area contributed by atoms with E-state index in [1.807, 2.05) is 54.6 Å². The predicted octanol–water partition coefficient (Wildman–Crippen LogP) is 3.72. The first kappa shape index (κ1) is 32.5. The normalized spacial score (nSPS) is 19.8. The third-order valence-electron chi connectivity index (χ3n) is 8.69. The summed E-state index contributed by atoms with van der Waals surface area (Å²) >= 11 is 0. The van der Waals surface area contributed by atoms with E-state index in [0.717, 1.165) is 4.57 Å². The van der Waals surface area contributed by atoms with E-state index in [1.54, 1.807) is 68.8 Å². The second-order valence-electron chi connectivity index (χ2n) is 11.3. The van der Waals surface area contributed by atoms with Gasteiger partial charge in [0.25, 0.3) is 0 Å². The van der Waals surface area contributed by atoms with Crippen molar-refractivity contribution in [2.24, 2.45) is 0 Å². The first-order valence-electron chi connectivity index (χ1n) is 15.2. The van der Waals surface area contributed by atoms with Gasteiger partial charge >= 0.3 is 11.7 Å². The number of anilines is 1. The number of nitrogens with two attached hydrogens (primary N) is 1. The maximum absolute atomic E-state index is 14.0. The fourth-order valence-corrected chi connectivity index (χ4v) is 6.35. The summed E-state index contributed by atoms with van der Waals surface area (Å²) in [4.78, 5) is 30.7. The van der Waals surface area contributed by atoms with Crippen molar-refractivity contribution in [1.29, 1.82) is 0 Å². The van der Waals surface area contributed by atoms with E-state index in [9.17, 15) is 19.8 Å². The number of nitrogens with zero attached hydrogens (tertiary/aromatic N) is 2. The number of rotatable bonds is 10. The summed E-state index contributed by atoms with van der Waals surface area (Å²) in [6, 6.07) is 33.7. The van der Waals surface area contributed by atoms with Crippen molar-refractivity contribution in [3.63, 3.8) is 0 Å². The summed E-state index contributed by atoms with van der Waals surface area (Å²) in [6.07, 6.45) is -6.03. The van der Waals surface area contributed by atoms with Crippen LogP contribution in [-0.2, 0) is 14.9 Å². The van der Waals surface area contributed by atoms with Gasteiger partial charge in [-0.25, -0.2) is 9.59 Å². The Morgan fingerprint density at radius 2 is 1.31 bits per heavy atom. The Hall–Kier alpha value is -5.49. The lowest BCUT2D eigenvalue weighted by Crippen LogP contribution is -2.54. The Labute approximate surface area is 276 Å². The number of aliphatic hydroxyl groups is 2. The minimum absolute atomic E-state index is 0.0161. The van der Waals surface area contributed by atoms with Crippen LogP contribution in [0, 0.1) is 0 Å². The van der Waals surface area contributed by atoms with Crippen molar-refractivity contribution in [2.45, 2.75) is 36.1 Å². The molecule has 1 aliphatic rings. The van der Waals surface area contributed by atoms with Crippen molar-refractivity contribution in [1.82, 2.24) is 9.55 Å². The second kappa shape index (κ2) is 13.7. The van der Waals surface area contributed by atoms with Crippen LogP contribution in [0.3, 0.4) is 0 Å². The Kier molecular flexibility index (Phi) is 9.26. The Morgan fingerprint density at radius 3 is 1.83 bits per heavy atom. The highest BCUT2D eigenvalue weighted by Gasteiger charge is 2.57. The van der Waals surface area contributed by atoms with Crippen LogP contribution < -0.4 is 20.9 Å². The third-order valence-corrected chi connectivity index (χ3v) is 8.69. The van der Waals surface area contributed by atoms with E-state index in [2.05, 4.69) is 4.98 Å². The van der Waals surface area contributed by atoms with Crippen LogP contribution in [0.2, 0.25) is 0 Å². The van der Waals surface area contributed by atoms with E-state index in [1.165, 1.54) is 12.3 Å².